The van der Waals surface area contributed by atoms with E-state index in [4.69, 9.17) is 19.4 Å². The van der Waals surface area contributed by atoms with Crippen molar-refractivity contribution >= 4 is 50.3 Å². The standard InChI is InChI=1S/C21H27N3O2.C20H25N3O2.C4H6O4.C2H3BO2.ClH.Na/c1-13-11-16(14-5-4-6-14)17(12-15(13)21(25)26-3)20-22-18-7-9-24(2)10-8-19(18)23-20;1-12-10-15(13-4-3-5-13)16(11-14(12)20(24)25-2)19-22-17-6-8-21-9-7-18(17)23-19;1-3(5)7-8-4(2)6;1-2(4)5-3;;/h11-12,14H,4-10H2,1-3H3,(H,22,23);10-11,13,21H,3-9H2,1-2H3,(H,22,23);1-2H3;1H3;1H;/q;;;-1;;+1. The minimum Gasteiger partial charge on any atom is -0.793 e. The molecule has 0 bridgehead atoms. The fourth-order valence-electron chi connectivity index (χ4n) is 7.99. The number of imidazole rings is 2. The van der Waals surface area contributed by atoms with Crippen molar-refractivity contribution < 1.29 is 77.4 Å². The number of aryl methyl sites for hydroxylation is 2. The van der Waals surface area contributed by atoms with Crippen molar-refractivity contribution in [3.8, 4) is 22.8 Å². The second-order valence-electron chi connectivity index (χ2n) is 16.6. The molecule has 4 heterocycles. The summed E-state index contributed by atoms with van der Waals surface area (Å²) in [5.41, 5.74) is 12.8. The molecule has 4 aliphatic rings. The Labute approximate surface area is 416 Å². The molecule has 3 radical (unpaired) electrons. The molecule has 2 fully saturated rings. The number of rotatable bonds is 6. The topological polar surface area (TPSA) is 204 Å². The molecule has 0 unspecified atom stereocenters. The number of hydrogen-bond acceptors (Lipinski definition) is 14. The van der Waals surface area contributed by atoms with Gasteiger partial charge in [0.2, 0.25) is 5.97 Å². The third kappa shape index (κ3) is 15.0. The molecule has 351 valence electrons. The second kappa shape index (κ2) is 26.7. The van der Waals surface area contributed by atoms with Crippen molar-refractivity contribution in [3.05, 3.63) is 80.4 Å². The zero-order valence-corrected chi connectivity index (χ0v) is 42.6. The van der Waals surface area contributed by atoms with Crippen LogP contribution in [0, 0.1) is 13.8 Å². The van der Waals surface area contributed by atoms with Crippen molar-refractivity contribution in [3.63, 3.8) is 0 Å². The number of esters is 2. The molecule has 4 aromatic rings. The predicted octanol–water partition coefficient (Wildman–Crippen LogP) is 3.68. The third-order valence-corrected chi connectivity index (χ3v) is 11.9. The van der Waals surface area contributed by atoms with Gasteiger partial charge in [0.05, 0.1) is 36.7 Å². The molecule has 3 N–H and O–H groups in total. The number of methoxy groups -OCH3 is 2. The normalized spacial score (nSPS) is 15.2. The van der Waals surface area contributed by atoms with Crippen LogP contribution in [-0.4, -0.2) is 110 Å². The summed E-state index contributed by atoms with van der Waals surface area (Å²) in [5.74, 6) is 0.657. The van der Waals surface area contributed by atoms with Gasteiger partial charge in [-0.05, 0) is 92.8 Å². The van der Waals surface area contributed by atoms with E-state index >= 15 is 0 Å². The van der Waals surface area contributed by atoms with Gasteiger partial charge in [0, 0.05) is 95.1 Å². The average Bonchev–Trinajstić information content (AvgIpc) is 3.70. The summed E-state index contributed by atoms with van der Waals surface area (Å²) in [7, 11) is 9.35. The van der Waals surface area contributed by atoms with E-state index in [9.17, 15) is 24.0 Å². The molecule has 0 saturated heterocycles. The number of hydrogen-bond donors (Lipinski definition) is 3. The van der Waals surface area contributed by atoms with Crippen LogP contribution in [0.1, 0.15) is 137 Å². The number of benzene rings is 2. The predicted molar refractivity (Wildman–Crippen MR) is 247 cm³/mol. The van der Waals surface area contributed by atoms with E-state index in [0.717, 1.165) is 105 Å². The monoisotopic (exact) mass is 939 g/mol. The molecule has 2 saturated carbocycles. The van der Waals surface area contributed by atoms with Gasteiger partial charge in [0.1, 0.15) is 11.6 Å². The third-order valence-electron chi connectivity index (χ3n) is 11.9. The molecule has 2 aromatic heterocycles. The summed E-state index contributed by atoms with van der Waals surface area (Å²) < 4.78 is 13.6. The van der Waals surface area contributed by atoms with E-state index in [1.54, 1.807) is 0 Å². The Morgan fingerprint density at radius 3 is 1.45 bits per heavy atom. The zero-order chi connectivity index (χ0) is 46.5. The van der Waals surface area contributed by atoms with Crippen LogP contribution >= 0.6 is 12.4 Å². The number of aromatic amines is 2. The SMILES string of the molecule is CC(=O)OOC(C)=O.COC(=O)c1cc(-c2nc3c([nH]2)CCN(C)CC3)c(C2CCC2)cc1C.COC(=O)c1cc(-c2nc3c([nH]2)CCNCC3)c(C2CCC2)cc1C.Cl.[B-]OC(C)=O.[Na+]. The zero-order valence-electron chi connectivity index (χ0n) is 39.8. The van der Waals surface area contributed by atoms with Gasteiger partial charge in [-0.15, -0.1) is 12.4 Å². The van der Waals surface area contributed by atoms with Gasteiger partial charge < -0.3 is 42.4 Å². The Balaban J connectivity index is 0.000000271. The number of nitrogens with one attached hydrogen (secondary N) is 3. The van der Waals surface area contributed by atoms with Gasteiger partial charge in [-0.3, -0.25) is 4.79 Å². The number of H-pyrrole nitrogens is 2. The minimum absolute atomic E-state index is 0. The summed E-state index contributed by atoms with van der Waals surface area (Å²) in [6, 6.07) is 8.30. The first kappa shape index (κ1) is 55.8. The fourth-order valence-corrected chi connectivity index (χ4v) is 7.99. The molecular weight excluding hydrogens is 878 g/mol. The van der Waals surface area contributed by atoms with E-state index in [-0.39, 0.29) is 53.9 Å². The van der Waals surface area contributed by atoms with Crippen molar-refractivity contribution in [2.75, 3.05) is 47.4 Å². The van der Waals surface area contributed by atoms with Gasteiger partial charge in [-0.2, -0.15) is 0 Å². The quantitative estimate of drug-likeness (QED) is 0.109. The van der Waals surface area contributed by atoms with Crippen LogP contribution < -0.4 is 34.9 Å². The Hall–Kier alpha value is -4.52. The first-order valence-corrected chi connectivity index (χ1v) is 21.9. The Morgan fingerprint density at radius 2 is 1.06 bits per heavy atom. The van der Waals surface area contributed by atoms with Crippen LogP contribution in [-0.2, 0) is 64.0 Å². The van der Waals surface area contributed by atoms with Crippen LogP contribution in [0.25, 0.3) is 22.8 Å². The smallest absolute Gasteiger partial charge is 0.793 e. The molecular formula is C47H62BClN6NaO10. The van der Waals surface area contributed by atoms with Gasteiger partial charge >= 0.3 is 53.4 Å². The van der Waals surface area contributed by atoms with E-state index in [1.807, 2.05) is 26.0 Å². The van der Waals surface area contributed by atoms with E-state index in [0.29, 0.717) is 23.0 Å². The van der Waals surface area contributed by atoms with Crippen LogP contribution in [0.4, 0.5) is 0 Å². The van der Waals surface area contributed by atoms with Gasteiger partial charge in [0.25, 0.3) is 0 Å². The first-order valence-electron chi connectivity index (χ1n) is 21.9. The van der Waals surface area contributed by atoms with E-state index < -0.39 is 17.9 Å². The van der Waals surface area contributed by atoms with Crippen molar-refractivity contribution in [2.45, 2.75) is 111 Å². The molecule has 8 rings (SSSR count). The largest absolute Gasteiger partial charge is 1.00 e. The number of fused-ring (bicyclic) bond motifs is 2. The Bertz CT molecular complexity index is 2250. The molecule has 2 aliphatic carbocycles. The number of likely N-dealkylation sites (N-methyl/N-ethyl adjacent to an activating group) is 1. The second-order valence-corrected chi connectivity index (χ2v) is 16.6. The van der Waals surface area contributed by atoms with Crippen LogP contribution in [0.15, 0.2) is 24.3 Å². The first-order chi connectivity index (χ1) is 30.6. The van der Waals surface area contributed by atoms with E-state index in [1.165, 1.54) is 87.9 Å². The number of carbonyl (C=O) groups is 5. The summed E-state index contributed by atoms with van der Waals surface area (Å²) in [6.45, 7) is 11.5. The number of halogens is 1. The molecule has 2 aromatic carbocycles. The summed E-state index contributed by atoms with van der Waals surface area (Å²) >= 11 is 0. The Kier molecular flexibility index (Phi) is 22.6. The molecule has 19 heteroatoms. The number of carbonyl (C=O) groups excluding carboxylic acids is 5. The maximum atomic E-state index is 12.2. The number of aromatic nitrogens is 4. The van der Waals surface area contributed by atoms with Crippen LogP contribution in [0.2, 0.25) is 0 Å². The number of ether oxygens (including phenoxy) is 2. The van der Waals surface area contributed by atoms with Gasteiger partial charge in [0.15, 0.2) is 0 Å². The molecule has 66 heavy (non-hydrogen) atoms. The maximum absolute atomic E-state index is 12.2. The Morgan fingerprint density at radius 1 is 0.652 bits per heavy atom. The van der Waals surface area contributed by atoms with Crippen molar-refractivity contribution in [2.24, 2.45) is 0 Å². The average molecular weight is 940 g/mol. The fraction of sp³-hybridized carbons (Fsp3) is 0.511. The minimum atomic E-state index is -0.639. The van der Waals surface area contributed by atoms with Crippen molar-refractivity contribution in [1.29, 1.82) is 0 Å². The molecule has 2 aliphatic heterocycles. The van der Waals surface area contributed by atoms with Crippen LogP contribution in [0.5, 0.6) is 0 Å². The molecule has 0 spiro atoms. The van der Waals surface area contributed by atoms with E-state index in [2.05, 4.69) is 61.8 Å². The summed E-state index contributed by atoms with van der Waals surface area (Å²) in [5, 5.41) is 3.41. The molecule has 16 nitrogen and oxygen atoms in total. The maximum Gasteiger partial charge on any atom is 1.00 e. The van der Waals surface area contributed by atoms with Crippen molar-refractivity contribution in [1.82, 2.24) is 30.2 Å². The van der Waals surface area contributed by atoms with Gasteiger partial charge in [-0.1, -0.05) is 25.0 Å². The van der Waals surface area contributed by atoms with Gasteiger partial charge in [-0.25, -0.2) is 38.9 Å². The summed E-state index contributed by atoms with van der Waals surface area (Å²) in [4.78, 5) is 80.4. The number of nitrogens with zero attached hydrogens (tertiary/aromatic N) is 3. The molecule has 0 atom stereocenters. The van der Waals surface area contributed by atoms with Crippen LogP contribution in [0.3, 0.4) is 0 Å². The molecule has 0 amide bonds. The summed E-state index contributed by atoms with van der Waals surface area (Å²) in [6.07, 6.45) is 11.3.